The predicted octanol–water partition coefficient (Wildman–Crippen LogP) is 5.38. The summed E-state index contributed by atoms with van der Waals surface area (Å²) in [6, 6.07) is 6.53. The van der Waals surface area contributed by atoms with E-state index in [-0.39, 0.29) is 0 Å². The summed E-state index contributed by atoms with van der Waals surface area (Å²) in [6.45, 7) is 0. The second-order valence-corrected chi connectivity index (χ2v) is 6.33. The highest BCUT2D eigenvalue weighted by Gasteiger charge is 2.30. The Hall–Kier alpha value is -0.980. The molecule has 19 heavy (non-hydrogen) atoms. The van der Waals surface area contributed by atoms with Crippen LogP contribution in [0.5, 0.6) is 0 Å². The molecule has 100 valence electrons. The molecule has 0 aliphatic heterocycles. The molecule has 2 rings (SSSR count). The molecule has 7 heteroatoms. The molecule has 1 heterocycles. The number of thiophene rings is 1. The average molecular weight is 323 g/mol. The zero-order chi connectivity index (χ0) is 14.0. The van der Waals surface area contributed by atoms with E-state index in [4.69, 9.17) is 11.6 Å². The first-order valence-electron chi connectivity index (χ1n) is 5.00. The Morgan fingerprint density at radius 3 is 2.58 bits per heavy atom. The number of aldehydes is 1. The van der Waals surface area contributed by atoms with Crippen LogP contribution in [0.3, 0.4) is 0 Å². The first kappa shape index (κ1) is 14.4. The lowest BCUT2D eigenvalue weighted by Crippen LogP contribution is -2.04. The lowest BCUT2D eigenvalue weighted by molar-refractivity contribution is -0.137. The van der Waals surface area contributed by atoms with Crippen LogP contribution in [0, 0.1) is 0 Å². The Morgan fingerprint density at radius 2 is 2.00 bits per heavy atom. The molecular formula is C12H6ClF3OS2. The van der Waals surface area contributed by atoms with Gasteiger partial charge in [0.2, 0.25) is 0 Å². The maximum absolute atomic E-state index is 12.6. The molecule has 1 aromatic heterocycles. The third-order valence-corrected chi connectivity index (χ3v) is 4.74. The molecule has 0 fully saturated rings. The zero-order valence-corrected chi connectivity index (χ0v) is 11.6. The normalized spacial score (nSPS) is 11.6. The Labute approximate surface area is 120 Å². The number of alkyl halides is 3. The van der Waals surface area contributed by atoms with Crippen molar-refractivity contribution < 1.29 is 18.0 Å². The van der Waals surface area contributed by atoms with Gasteiger partial charge in [0.15, 0.2) is 6.29 Å². The molecule has 1 aromatic carbocycles. The van der Waals surface area contributed by atoms with Crippen LogP contribution in [0.2, 0.25) is 4.34 Å². The fourth-order valence-corrected chi connectivity index (χ4v) is 3.57. The van der Waals surface area contributed by atoms with Crippen LogP contribution in [-0.2, 0) is 6.18 Å². The molecule has 0 saturated heterocycles. The van der Waals surface area contributed by atoms with Gasteiger partial charge in [0.1, 0.15) is 4.34 Å². The Kier molecular flexibility index (Phi) is 4.23. The van der Waals surface area contributed by atoms with Crippen molar-refractivity contribution in [2.45, 2.75) is 16.0 Å². The minimum Gasteiger partial charge on any atom is -0.297 e. The number of hydrogen-bond donors (Lipinski definition) is 0. The first-order chi connectivity index (χ1) is 8.90. The number of hydrogen-bond acceptors (Lipinski definition) is 3. The first-order valence-corrected chi connectivity index (χ1v) is 7.01. The summed E-state index contributed by atoms with van der Waals surface area (Å²) in [7, 11) is 0. The number of carbonyl (C=O) groups is 1. The summed E-state index contributed by atoms with van der Waals surface area (Å²) in [5.74, 6) is 0. The molecule has 0 spiro atoms. The quantitative estimate of drug-likeness (QED) is 0.705. The van der Waals surface area contributed by atoms with Crippen LogP contribution in [0.25, 0.3) is 0 Å². The van der Waals surface area contributed by atoms with Crippen molar-refractivity contribution in [2.75, 3.05) is 0 Å². The molecule has 0 unspecified atom stereocenters. The van der Waals surface area contributed by atoms with Gasteiger partial charge in [-0.15, -0.1) is 11.3 Å². The molecule has 0 atom stereocenters. The minimum absolute atomic E-state index is 0.393. The Morgan fingerprint density at radius 1 is 1.26 bits per heavy atom. The van der Waals surface area contributed by atoms with Gasteiger partial charge in [-0.25, -0.2) is 0 Å². The van der Waals surface area contributed by atoms with E-state index in [1.54, 1.807) is 12.1 Å². The third kappa shape index (κ3) is 3.52. The lowest BCUT2D eigenvalue weighted by atomic mass is 10.2. The van der Waals surface area contributed by atoms with Gasteiger partial charge in [-0.3, -0.25) is 4.79 Å². The lowest BCUT2D eigenvalue weighted by Gasteiger charge is -2.08. The fourth-order valence-electron chi connectivity index (χ4n) is 1.36. The van der Waals surface area contributed by atoms with Crippen LogP contribution < -0.4 is 0 Å². The third-order valence-electron chi connectivity index (χ3n) is 2.18. The fraction of sp³-hybridized carbons (Fsp3) is 0.0833. The molecule has 0 amide bonds. The average Bonchev–Trinajstić information content (AvgIpc) is 2.70. The summed E-state index contributed by atoms with van der Waals surface area (Å²) >= 11 is 8.12. The smallest absolute Gasteiger partial charge is 0.297 e. The minimum atomic E-state index is -4.37. The van der Waals surface area contributed by atoms with E-state index in [0.717, 1.165) is 35.2 Å². The van der Waals surface area contributed by atoms with E-state index >= 15 is 0 Å². The summed E-state index contributed by atoms with van der Waals surface area (Å²) in [4.78, 5) is 12.0. The molecule has 0 N–H and O–H groups in total. The highest BCUT2D eigenvalue weighted by molar-refractivity contribution is 7.99. The number of benzene rings is 1. The zero-order valence-electron chi connectivity index (χ0n) is 9.20. The summed E-state index contributed by atoms with van der Waals surface area (Å²) < 4.78 is 38.1. The SMILES string of the molecule is O=Cc1cc(Sc2cccc(C(F)(F)F)c2)c(Cl)s1. The number of halogens is 4. The molecule has 2 aromatic rings. The van der Waals surface area contributed by atoms with Crippen molar-refractivity contribution >= 4 is 41.0 Å². The molecule has 0 bridgehead atoms. The molecule has 0 saturated carbocycles. The van der Waals surface area contributed by atoms with Crippen molar-refractivity contribution in [1.29, 1.82) is 0 Å². The van der Waals surface area contributed by atoms with Crippen LogP contribution >= 0.6 is 34.7 Å². The Balaban J connectivity index is 2.28. The van der Waals surface area contributed by atoms with Gasteiger partial charge in [0, 0.05) is 9.79 Å². The number of rotatable bonds is 3. The van der Waals surface area contributed by atoms with Gasteiger partial charge >= 0.3 is 6.18 Å². The highest BCUT2D eigenvalue weighted by atomic mass is 35.5. The van der Waals surface area contributed by atoms with Crippen molar-refractivity contribution in [1.82, 2.24) is 0 Å². The second-order valence-electron chi connectivity index (χ2n) is 3.53. The number of carbonyl (C=O) groups excluding carboxylic acids is 1. The molecule has 1 nitrogen and oxygen atoms in total. The van der Waals surface area contributed by atoms with Gasteiger partial charge in [-0.2, -0.15) is 13.2 Å². The topological polar surface area (TPSA) is 17.1 Å². The molecular weight excluding hydrogens is 317 g/mol. The summed E-state index contributed by atoms with van der Waals surface area (Å²) in [6.07, 6.45) is -3.71. The summed E-state index contributed by atoms with van der Waals surface area (Å²) in [5.41, 5.74) is -0.709. The van der Waals surface area contributed by atoms with E-state index in [2.05, 4.69) is 0 Å². The van der Waals surface area contributed by atoms with Crippen molar-refractivity contribution in [2.24, 2.45) is 0 Å². The van der Waals surface area contributed by atoms with E-state index in [9.17, 15) is 18.0 Å². The van der Waals surface area contributed by atoms with Gasteiger partial charge in [0.05, 0.1) is 10.4 Å². The van der Waals surface area contributed by atoms with Crippen molar-refractivity contribution in [3.05, 3.63) is 45.1 Å². The summed E-state index contributed by atoms with van der Waals surface area (Å²) in [5, 5.41) is 0. The van der Waals surface area contributed by atoms with Crippen LogP contribution in [-0.4, -0.2) is 6.29 Å². The van der Waals surface area contributed by atoms with E-state index in [0.29, 0.717) is 25.3 Å². The standard InChI is InChI=1S/C12H6ClF3OS2/c13-11-10(5-9(6-17)19-11)18-8-3-1-2-7(4-8)12(14,15)16/h1-6H. The largest absolute Gasteiger partial charge is 0.416 e. The van der Waals surface area contributed by atoms with Gasteiger partial charge in [-0.05, 0) is 24.3 Å². The predicted molar refractivity (Wildman–Crippen MR) is 70.3 cm³/mol. The van der Waals surface area contributed by atoms with Crippen molar-refractivity contribution in [3.8, 4) is 0 Å². The van der Waals surface area contributed by atoms with Crippen LogP contribution in [0.4, 0.5) is 13.2 Å². The van der Waals surface area contributed by atoms with E-state index in [1.165, 1.54) is 6.07 Å². The van der Waals surface area contributed by atoms with E-state index in [1.807, 2.05) is 0 Å². The van der Waals surface area contributed by atoms with Crippen LogP contribution in [0.15, 0.2) is 40.1 Å². The van der Waals surface area contributed by atoms with Gasteiger partial charge in [-0.1, -0.05) is 29.4 Å². The Bertz CT molecular complexity index is 607. The van der Waals surface area contributed by atoms with Gasteiger partial charge < -0.3 is 0 Å². The van der Waals surface area contributed by atoms with E-state index < -0.39 is 11.7 Å². The maximum atomic E-state index is 12.6. The maximum Gasteiger partial charge on any atom is 0.416 e. The highest BCUT2D eigenvalue weighted by Crippen LogP contribution is 2.40. The van der Waals surface area contributed by atoms with Crippen LogP contribution in [0.1, 0.15) is 15.2 Å². The molecule has 0 aliphatic rings. The molecule has 0 aliphatic carbocycles. The molecule has 0 radical (unpaired) electrons. The monoisotopic (exact) mass is 322 g/mol. The second kappa shape index (κ2) is 5.56. The van der Waals surface area contributed by atoms with Gasteiger partial charge in [0.25, 0.3) is 0 Å². The van der Waals surface area contributed by atoms with Crippen molar-refractivity contribution in [3.63, 3.8) is 0 Å².